The molecule has 2 aromatic rings. The molecule has 0 saturated heterocycles. The number of hydrogen-bond donors (Lipinski definition) is 1. The molecule has 0 spiro atoms. The standard InChI is InChI=1S/C16H18N2O2/c1-3-18(11-13-7-5-4-6-8-13)16(20)14-9-12(2)17-15(19)10-14/h4-10H,3,11H2,1-2H3,(H,17,19). The first-order chi connectivity index (χ1) is 9.60. The summed E-state index contributed by atoms with van der Waals surface area (Å²) < 4.78 is 0. The Balaban J connectivity index is 2.23. The van der Waals surface area contributed by atoms with Crippen LogP contribution in [0.25, 0.3) is 0 Å². The fourth-order valence-electron chi connectivity index (χ4n) is 2.12. The van der Waals surface area contributed by atoms with E-state index < -0.39 is 0 Å². The summed E-state index contributed by atoms with van der Waals surface area (Å²) in [5.41, 5.74) is 1.95. The van der Waals surface area contributed by atoms with Crippen molar-refractivity contribution in [2.45, 2.75) is 20.4 Å². The highest BCUT2D eigenvalue weighted by Gasteiger charge is 2.15. The summed E-state index contributed by atoms with van der Waals surface area (Å²) in [7, 11) is 0. The summed E-state index contributed by atoms with van der Waals surface area (Å²) in [6, 6.07) is 12.9. The number of nitrogens with zero attached hydrogens (tertiary/aromatic N) is 1. The van der Waals surface area contributed by atoms with E-state index in [1.54, 1.807) is 17.9 Å². The molecule has 0 fully saturated rings. The van der Waals surface area contributed by atoms with Crippen LogP contribution in [-0.2, 0) is 6.54 Å². The summed E-state index contributed by atoms with van der Waals surface area (Å²) in [6.45, 7) is 4.84. The van der Waals surface area contributed by atoms with Crippen LogP contribution in [0, 0.1) is 6.92 Å². The fourth-order valence-corrected chi connectivity index (χ4v) is 2.12. The Bertz CT molecular complexity index is 647. The zero-order valence-electron chi connectivity index (χ0n) is 11.7. The molecule has 20 heavy (non-hydrogen) atoms. The lowest BCUT2D eigenvalue weighted by molar-refractivity contribution is 0.0752. The van der Waals surface area contributed by atoms with Crippen molar-refractivity contribution in [3.05, 3.63) is 69.6 Å². The van der Waals surface area contributed by atoms with Crippen LogP contribution in [0.3, 0.4) is 0 Å². The van der Waals surface area contributed by atoms with E-state index in [1.165, 1.54) is 6.07 Å². The maximum Gasteiger partial charge on any atom is 0.254 e. The number of amides is 1. The van der Waals surface area contributed by atoms with Gasteiger partial charge in [-0.15, -0.1) is 0 Å². The number of aryl methyl sites for hydroxylation is 1. The van der Waals surface area contributed by atoms with Crippen LogP contribution in [-0.4, -0.2) is 22.3 Å². The van der Waals surface area contributed by atoms with Gasteiger partial charge in [-0.2, -0.15) is 0 Å². The zero-order valence-corrected chi connectivity index (χ0v) is 11.7. The van der Waals surface area contributed by atoms with Crippen LogP contribution in [0.2, 0.25) is 0 Å². The van der Waals surface area contributed by atoms with Crippen LogP contribution in [0.4, 0.5) is 0 Å². The van der Waals surface area contributed by atoms with Gasteiger partial charge in [-0.1, -0.05) is 30.3 Å². The molecule has 0 aliphatic rings. The first-order valence-corrected chi connectivity index (χ1v) is 6.64. The highest BCUT2D eigenvalue weighted by Crippen LogP contribution is 2.09. The number of H-pyrrole nitrogens is 1. The summed E-state index contributed by atoms with van der Waals surface area (Å²) in [6.07, 6.45) is 0. The van der Waals surface area contributed by atoms with Gasteiger partial charge in [-0.05, 0) is 25.5 Å². The summed E-state index contributed by atoms with van der Waals surface area (Å²) in [5, 5.41) is 0. The second-order valence-electron chi connectivity index (χ2n) is 4.72. The van der Waals surface area contributed by atoms with E-state index in [9.17, 15) is 9.59 Å². The van der Waals surface area contributed by atoms with Crippen LogP contribution in [0.5, 0.6) is 0 Å². The van der Waals surface area contributed by atoms with Crippen LogP contribution < -0.4 is 5.56 Å². The highest BCUT2D eigenvalue weighted by molar-refractivity contribution is 5.94. The second kappa shape index (κ2) is 6.19. The maximum atomic E-state index is 12.5. The predicted molar refractivity (Wildman–Crippen MR) is 78.7 cm³/mol. The zero-order chi connectivity index (χ0) is 14.5. The van der Waals surface area contributed by atoms with Gasteiger partial charge < -0.3 is 9.88 Å². The van der Waals surface area contributed by atoms with Gasteiger partial charge in [0.15, 0.2) is 0 Å². The molecule has 0 aliphatic carbocycles. The number of aromatic amines is 1. The quantitative estimate of drug-likeness (QED) is 0.927. The lowest BCUT2D eigenvalue weighted by Crippen LogP contribution is -2.31. The SMILES string of the molecule is CCN(Cc1ccccc1)C(=O)c1cc(C)[nH]c(=O)c1. The van der Waals surface area contributed by atoms with Crippen molar-refractivity contribution in [2.24, 2.45) is 0 Å². The van der Waals surface area contributed by atoms with Gasteiger partial charge in [-0.3, -0.25) is 9.59 Å². The molecular weight excluding hydrogens is 252 g/mol. The van der Waals surface area contributed by atoms with Crippen molar-refractivity contribution in [3.8, 4) is 0 Å². The number of rotatable bonds is 4. The molecule has 0 saturated carbocycles. The molecule has 1 heterocycles. The van der Waals surface area contributed by atoms with Gasteiger partial charge in [0.1, 0.15) is 0 Å². The summed E-state index contributed by atoms with van der Waals surface area (Å²) in [4.78, 5) is 28.3. The van der Waals surface area contributed by atoms with Crippen molar-refractivity contribution in [1.82, 2.24) is 9.88 Å². The average Bonchev–Trinajstić information content (AvgIpc) is 2.44. The molecule has 4 nitrogen and oxygen atoms in total. The predicted octanol–water partition coefficient (Wildman–Crippen LogP) is 2.35. The van der Waals surface area contributed by atoms with Gasteiger partial charge in [0.2, 0.25) is 5.56 Å². The summed E-state index contributed by atoms with van der Waals surface area (Å²) >= 11 is 0. The topological polar surface area (TPSA) is 53.2 Å². The third kappa shape index (κ3) is 3.35. The number of nitrogens with one attached hydrogen (secondary N) is 1. The van der Waals surface area contributed by atoms with E-state index in [0.29, 0.717) is 24.3 Å². The van der Waals surface area contributed by atoms with Crippen molar-refractivity contribution in [1.29, 1.82) is 0 Å². The minimum atomic E-state index is -0.246. The number of benzene rings is 1. The first kappa shape index (κ1) is 14.1. The van der Waals surface area contributed by atoms with Crippen LogP contribution >= 0.6 is 0 Å². The van der Waals surface area contributed by atoms with Crippen molar-refractivity contribution >= 4 is 5.91 Å². The molecule has 1 amide bonds. The molecule has 1 aromatic heterocycles. The van der Waals surface area contributed by atoms with Gasteiger partial charge in [-0.25, -0.2) is 0 Å². The Hall–Kier alpha value is -2.36. The van der Waals surface area contributed by atoms with Gasteiger partial charge >= 0.3 is 0 Å². The molecule has 1 aromatic carbocycles. The number of carbonyl (C=O) groups is 1. The lowest BCUT2D eigenvalue weighted by atomic mass is 10.1. The molecule has 0 radical (unpaired) electrons. The molecule has 104 valence electrons. The molecule has 0 unspecified atom stereocenters. The highest BCUT2D eigenvalue weighted by atomic mass is 16.2. The van der Waals surface area contributed by atoms with Gasteiger partial charge in [0.25, 0.3) is 5.91 Å². The van der Waals surface area contributed by atoms with E-state index in [2.05, 4.69) is 4.98 Å². The molecule has 2 rings (SSSR count). The van der Waals surface area contributed by atoms with Crippen LogP contribution in [0.1, 0.15) is 28.5 Å². The number of pyridine rings is 1. The van der Waals surface area contributed by atoms with E-state index in [0.717, 1.165) is 5.56 Å². The number of hydrogen-bond acceptors (Lipinski definition) is 2. The lowest BCUT2D eigenvalue weighted by Gasteiger charge is -2.21. The third-order valence-electron chi connectivity index (χ3n) is 3.11. The van der Waals surface area contributed by atoms with Gasteiger partial charge in [0, 0.05) is 30.4 Å². The third-order valence-corrected chi connectivity index (χ3v) is 3.11. The Kier molecular flexibility index (Phi) is 4.35. The molecule has 1 N–H and O–H groups in total. The Labute approximate surface area is 118 Å². The number of carbonyl (C=O) groups excluding carboxylic acids is 1. The molecular formula is C16H18N2O2. The first-order valence-electron chi connectivity index (χ1n) is 6.64. The smallest absolute Gasteiger partial charge is 0.254 e. The van der Waals surface area contributed by atoms with E-state index in [4.69, 9.17) is 0 Å². The van der Waals surface area contributed by atoms with E-state index >= 15 is 0 Å². The fraction of sp³-hybridized carbons (Fsp3) is 0.250. The Morgan fingerprint density at radius 2 is 1.90 bits per heavy atom. The molecule has 0 bridgehead atoms. The maximum absolute atomic E-state index is 12.5. The van der Waals surface area contributed by atoms with Crippen molar-refractivity contribution < 1.29 is 4.79 Å². The second-order valence-corrected chi connectivity index (χ2v) is 4.72. The average molecular weight is 270 g/mol. The Morgan fingerprint density at radius 1 is 1.20 bits per heavy atom. The summed E-state index contributed by atoms with van der Waals surface area (Å²) in [5.74, 6) is -0.120. The Morgan fingerprint density at radius 3 is 2.50 bits per heavy atom. The van der Waals surface area contributed by atoms with Crippen molar-refractivity contribution in [3.63, 3.8) is 0 Å². The van der Waals surface area contributed by atoms with Crippen LogP contribution in [0.15, 0.2) is 47.3 Å². The molecule has 0 aliphatic heterocycles. The van der Waals surface area contributed by atoms with E-state index in [1.807, 2.05) is 37.3 Å². The molecule has 0 atom stereocenters. The van der Waals surface area contributed by atoms with E-state index in [-0.39, 0.29) is 11.5 Å². The van der Waals surface area contributed by atoms with Gasteiger partial charge in [0.05, 0.1) is 0 Å². The minimum absolute atomic E-state index is 0.120. The molecule has 4 heteroatoms. The number of aromatic nitrogens is 1. The minimum Gasteiger partial charge on any atom is -0.335 e. The van der Waals surface area contributed by atoms with Crippen molar-refractivity contribution in [2.75, 3.05) is 6.54 Å². The largest absolute Gasteiger partial charge is 0.335 e. The monoisotopic (exact) mass is 270 g/mol. The normalized spacial score (nSPS) is 10.3.